The summed E-state index contributed by atoms with van der Waals surface area (Å²) in [5.74, 6) is 0.733. The second-order valence-corrected chi connectivity index (χ2v) is 5.65. The zero-order valence-corrected chi connectivity index (χ0v) is 11.3. The third-order valence-electron chi connectivity index (χ3n) is 2.74. The summed E-state index contributed by atoms with van der Waals surface area (Å²) in [5, 5.41) is 2.68. The highest BCUT2D eigenvalue weighted by atomic mass is 16.6. The summed E-state index contributed by atoms with van der Waals surface area (Å²) in [6, 6.07) is 0. The van der Waals surface area contributed by atoms with Crippen LogP contribution >= 0.6 is 0 Å². The van der Waals surface area contributed by atoms with Gasteiger partial charge in [0, 0.05) is 13.2 Å². The molecule has 1 rings (SSSR count). The molecule has 0 aromatic rings. The molecule has 0 aliphatic heterocycles. The van der Waals surface area contributed by atoms with Crippen molar-refractivity contribution in [3.8, 4) is 0 Å². The molecule has 1 fully saturated rings. The lowest BCUT2D eigenvalue weighted by Gasteiger charge is -2.19. The fourth-order valence-electron chi connectivity index (χ4n) is 1.97. The topological polar surface area (TPSA) is 47.6 Å². The van der Waals surface area contributed by atoms with Crippen LogP contribution in [0.1, 0.15) is 46.5 Å². The maximum absolute atomic E-state index is 11.3. The van der Waals surface area contributed by atoms with Gasteiger partial charge in [-0.15, -0.1) is 0 Å². The molecule has 1 amide bonds. The standard InChI is InChI=1S/C13H25NO3/c1-13(2,3)17-12(15)14-8-9-16-10-11-6-4-5-7-11/h11H,4-10H2,1-3H3,(H,14,15). The Morgan fingerprint density at radius 1 is 1.29 bits per heavy atom. The predicted molar refractivity (Wildman–Crippen MR) is 67.0 cm³/mol. The summed E-state index contributed by atoms with van der Waals surface area (Å²) in [7, 11) is 0. The summed E-state index contributed by atoms with van der Waals surface area (Å²) >= 11 is 0. The van der Waals surface area contributed by atoms with Crippen LogP contribution < -0.4 is 5.32 Å². The lowest BCUT2D eigenvalue weighted by molar-refractivity contribution is 0.0486. The second kappa shape index (κ2) is 6.84. The molecule has 0 unspecified atom stereocenters. The fraction of sp³-hybridized carbons (Fsp3) is 0.923. The van der Waals surface area contributed by atoms with E-state index < -0.39 is 5.60 Å². The smallest absolute Gasteiger partial charge is 0.407 e. The van der Waals surface area contributed by atoms with Gasteiger partial charge in [-0.25, -0.2) is 4.79 Å². The Morgan fingerprint density at radius 2 is 1.94 bits per heavy atom. The predicted octanol–water partition coefficient (Wildman–Crippen LogP) is 2.72. The third-order valence-corrected chi connectivity index (χ3v) is 2.74. The molecular weight excluding hydrogens is 218 g/mol. The van der Waals surface area contributed by atoms with E-state index in [9.17, 15) is 4.79 Å². The van der Waals surface area contributed by atoms with Crippen molar-refractivity contribution in [2.45, 2.75) is 52.1 Å². The average molecular weight is 243 g/mol. The van der Waals surface area contributed by atoms with Crippen LogP contribution in [0, 0.1) is 5.92 Å². The fourth-order valence-corrected chi connectivity index (χ4v) is 1.97. The molecule has 0 aromatic heterocycles. The van der Waals surface area contributed by atoms with Crippen LogP contribution in [0.5, 0.6) is 0 Å². The summed E-state index contributed by atoms with van der Waals surface area (Å²) < 4.78 is 10.6. The first-order chi connectivity index (χ1) is 7.97. The molecule has 1 N–H and O–H groups in total. The van der Waals surface area contributed by atoms with Gasteiger partial charge in [-0.1, -0.05) is 12.8 Å². The highest BCUT2D eigenvalue weighted by Gasteiger charge is 2.16. The first kappa shape index (κ1) is 14.3. The highest BCUT2D eigenvalue weighted by molar-refractivity contribution is 5.67. The van der Waals surface area contributed by atoms with Crippen LogP contribution in [0.15, 0.2) is 0 Å². The molecule has 0 bridgehead atoms. The molecule has 0 heterocycles. The Balaban J connectivity index is 1.94. The molecule has 100 valence electrons. The minimum absolute atomic E-state index is 0.373. The average Bonchev–Trinajstić information content (AvgIpc) is 2.67. The van der Waals surface area contributed by atoms with Gasteiger partial charge in [0.25, 0.3) is 0 Å². The van der Waals surface area contributed by atoms with Gasteiger partial charge in [0.2, 0.25) is 0 Å². The third kappa shape index (κ3) is 7.21. The molecule has 0 saturated heterocycles. The molecule has 1 saturated carbocycles. The Morgan fingerprint density at radius 3 is 2.53 bits per heavy atom. The van der Waals surface area contributed by atoms with Crippen LogP contribution in [0.3, 0.4) is 0 Å². The maximum Gasteiger partial charge on any atom is 0.407 e. The van der Waals surface area contributed by atoms with Gasteiger partial charge >= 0.3 is 6.09 Å². The van der Waals surface area contributed by atoms with Crippen molar-refractivity contribution in [1.29, 1.82) is 0 Å². The molecule has 0 radical (unpaired) electrons. The number of hydrogen-bond donors (Lipinski definition) is 1. The van der Waals surface area contributed by atoms with Crippen molar-refractivity contribution in [3.05, 3.63) is 0 Å². The minimum Gasteiger partial charge on any atom is -0.444 e. The van der Waals surface area contributed by atoms with Crippen molar-refractivity contribution in [3.63, 3.8) is 0 Å². The van der Waals surface area contributed by atoms with E-state index in [0.29, 0.717) is 13.2 Å². The number of amides is 1. The van der Waals surface area contributed by atoms with E-state index in [1.54, 1.807) is 0 Å². The number of ether oxygens (including phenoxy) is 2. The second-order valence-electron chi connectivity index (χ2n) is 5.65. The van der Waals surface area contributed by atoms with E-state index in [1.165, 1.54) is 25.7 Å². The van der Waals surface area contributed by atoms with Gasteiger partial charge in [-0.05, 0) is 39.5 Å². The summed E-state index contributed by atoms with van der Waals surface area (Å²) in [5.41, 5.74) is -0.436. The Labute approximate surface area is 104 Å². The lowest BCUT2D eigenvalue weighted by atomic mass is 10.1. The van der Waals surface area contributed by atoms with Crippen LogP contribution in [0.25, 0.3) is 0 Å². The largest absolute Gasteiger partial charge is 0.444 e. The highest BCUT2D eigenvalue weighted by Crippen LogP contribution is 2.24. The molecule has 0 atom stereocenters. The zero-order chi connectivity index (χ0) is 12.7. The van der Waals surface area contributed by atoms with Gasteiger partial charge < -0.3 is 14.8 Å². The molecule has 0 aromatic carbocycles. The van der Waals surface area contributed by atoms with Gasteiger partial charge in [-0.3, -0.25) is 0 Å². The van der Waals surface area contributed by atoms with Crippen molar-refractivity contribution >= 4 is 6.09 Å². The van der Waals surface area contributed by atoms with Gasteiger partial charge in [0.15, 0.2) is 0 Å². The quantitative estimate of drug-likeness (QED) is 0.755. The van der Waals surface area contributed by atoms with E-state index in [4.69, 9.17) is 9.47 Å². The zero-order valence-electron chi connectivity index (χ0n) is 11.3. The van der Waals surface area contributed by atoms with Gasteiger partial charge in [0.05, 0.1) is 6.61 Å². The molecular formula is C13H25NO3. The Hall–Kier alpha value is -0.770. The Kier molecular flexibility index (Phi) is 5.75. The number of rotatable bonds is 5. The lowest BCUT2D eigenvalue weighted by Crippen LogP contribution is -2.34. The van der Waals surface area contributed by atoms with Crippen LogP contribution in [0.4, 0.5) is 4.79 Å². The number of carbonyl (C=O) groups is 1. The van der Waals surface area contributed by atoms with Crippen LogP contribution in [-0.4, -0.2) is 31.5 Å². The van der Waals surface area contributed by atoms with Crippen molar-refractivity contribution in [2.75, 3.05) is 19.8 Å². The molecule has 1 aliphatic carbocycles. The molecule has 1 aliphatic rings. The monoisotopic (exact) mass is 243 g/mol. The SMILES string of the molecule is CC(C)(C)OC(=O)NCCOCC1CCCC1. The van der Waals surface area contributed by atoms with Crippen molar-refractivity contribution in [2.24, 2.45) is 5.92 Å². The van der Waals surface area contributed by atoms with Gasteiger partial charge in [-0.2, -0.15) is 0 Å². The van der Waals surface area contributed by atoms with Gasteiger partial charge in [0.1, 0.15) is 5.60 Å². The van der Waals surface area contributed by atoms with Crippen molar-refractivity contribution < 1.29 is 14.3 Å². The first-order valence-electron chi connectivity index (χ1n) is 6.52. The number of nitrogens with one attached hydrogen (secondary N) is 1. The molecule has 17 heavy (non-hydrogen) atoms. The number of hydrogen-bond acceptors (Lipinski definition) is 3. The molecule has 4 nitrogen and oxygen atoms in total. The van der Waals surface area contributed by atoms with Crippen molar-refractivity contribution in [1.82, 2.24) is 5.32 Å². The van der Waals surface area contributed by atoms with E-state index in [0.717, 1.165) is 12.5 Å². The van der Waals surface area contributed by atoms with E-state index in [1.807, 2.05) is 20.8 Å². The normalized spacial score (nSPS) is 17.1. The molecule has 4 heteroatoms. The first-order valence-corrected chi connectivity index (χ1v) is 6.52. The van der Waals surface area contributed by atoms with E-state index in [2.05, 4.69) is 5.32 Å². The molecule has 0 spiro atoms. The summed E-state index contributed by atoms with van der Waals surface area (Å²) in [4.78, 5) is 11.3. The minimum atomic E-state index is -0.436. The Bertz CT molecular complexity index is 229. The van der Waals surface area contributed by atoms with Crippen LogP contribution in [-0.2, 0) is 9.47 Å². The van der Waals surface area contributed by atoms with E-state index >= 15 is 0 Å². The summed E-state index contributed by atoms with van der Waals surface area (Å²) in [6.45, 7) is 7.46. The van der Waals surface area contributed by atoms with E-state index in [-0.39, 0.29) is 6.09 Å². The maximum atomic E-state index is 11.3. The summed E-state index contributed by atoms with van der Waals surface area (Å²) in [6.07, 6.45) is 4.88. The van der Waals surface area contributed by atoms with Crippen LogP contribution in [0.2, 0.25) is 0 Å². The number of carbonyl (C=O) groups excluding carboxylic acids is 1. The number of alkyl carbamates (subject to hydrolysis) is 1.